The maximum absolute atomic E-state index is 12.8. The molecule has 0 unspecified atom stereocenters. The van der Waals surface area contributed by atoms with Gasteiger partial charge in [0.05, 0.1) is 0 Å². The highest BCUT2D eigenvalue weighted by Gasteiger charge is 2.34. The van der Waals surface area contributed by atoms with Gasteiger partial charge >= 0.3 is 6.18 Å². The molecule has 0 aliphatic rings. The Morgan fingerprint density at radius 2 is 2.00 bits per heavy atom. The lowest BCUT2D eigenvalue weighted by Gasteiger charge is -2.09. The van der Waals surface area contributed by atoms with Crippen molar-refractivity contribution in [1.29, 1.82) is 0 Å². The van der Waals surface area contributed by atoms with E-state index >= 15 is 0 Å². The molecule has 0 saturated carbocycles. The average Bonchev–Trinajstić information content (AvgIpc) is 2.94. The minimum absolute atomic E-state index is 0.0654. The van der Waals surface area contributed by atoms with Gasteiger partial charge in [-0.3, -0.25) is 4.79 Å². The maximum atomic E-state index is 12.8. The summed E-state index contributed by atoms with van der Waals surface area (Å²) in [6.45, 7) is 0. The number of hydrogen-bond acceptors (Lipinski definition) is 5. The van der Waals surface area contributed by atoms with Crippen LogP contribution in [0.1, 0.15) is 16.2 Å². The Balaban J connectivity index is 2.48. The lowest BCUT2D eigenvalue weighted by molar-refractivity contribution is -0.141. The normalized spacial score (nSPS) is 11.3. The average molecular weight is 300 g/mol. The van der Waals surface area contributed by atoms with E-state index in [1.54, 1.807) is 0 Å². The number of halogens is 3. The lowest BCUT2D eigenvalue weighted by atomic mass is 10.4. The van der Waals surface area contributed by atoms with Gasteiger partial charge in [0.2, 0.25) is 5.95 Å². The molecule has 2 rings (SSSR count). The van der Waals surface area contributed by atoms with Crippen molar-refractivity contribution >= 4 is 11.9 Å². The van der Waals surface area contributed by atoms with E-state index in [2.05, 4.69) is 25.7 Å². The first-order valence-corrected chi connectivity index (χ1v) is 5.77. The first kappa shape index (κ1) is 14.8. The van der Waals surface area contributed by atoms with Gasteiger partial charge in [0.1, 0.15) is 0 Å². The van der Waals surface area contributed by atoms with Crippen LogP contribution in [0.15, 0.2) is 18.3 Å². The van der Waals surface area contributed by atoms with Gasteiger partial charge in [-0.2, -0.15) is 23.3 Å². The fraction of sp³-hybridized carbons (Fsp3) is 0.273. The van der Waals surface area contributed by atoms with E-state index in [1.807, 2.05) is 0 Å². The summed E-state index contributed by atoms with van der Waals surface area (Å²) in [5.74, 6) is -0.749. The summed E-state index contributed by atoms with van der Waals surface area (Å²) in [7, 11) is 2.82. The molecule has 2 N–H and O–H groups in total. The van der Waals surface area contributed by atoms with Gasteiger partial charge in [-0.25, -0.2) is 9.67 Å². The van der Waals surface area contributed by atoms with Crippen LogP contribution in [0.25, 0.3) is 5.82 Å². The van der Waals surface area contributed by atoms with Crippen molar-refractivity contribution in [1.82, 2.24) is 25.1 Å². The van der Waals surface area contributed by atoms with Crippen LogP contribution < -0.4 is 10.6 Å². The van der Waals surface area contributed by atoms with Crippen LogP contribution in [0.4, 0.5) is 19.1 Å². The fourth-order valence-corrected chi connectivity index (χ4v) is 1.51. The molecule has 0 aromatic carbocycles. The second-order valence-corrected chi connectivity index (χ2v) is 3.91. The van der Waals surface area contributed by atoms with E-state index in [9.17, 15) is 18.0 Å². The summed E-state index contributed by atoms with van der Waals surface area (Å²) in [5.41, 5.74) is -1.04. The third kappa shape index (κ3) is 3.09. The van der Waals surface area contributed by atoms with Crippen LogP contribution in [-0.2, 0) is 6.18 Å². The Morgan fingerprint density at radius 1 is 1.29 bits per heavy atom. The van der Waals surface area contributed by atoms with Crippen molar-refractivity contribution in [3.8, 4) is 5.82 Å². The molecule has 0 aliphatic heterocycles. The number of carbonyl (C=O) groups is 1. The Hall–Kier alpha value is -2.65. The Kier molecular flexibility index (Phi) is 3.78. The van der Waals surface area contributed by atoms with Crippen LogP contribution in [0.3, 0.4) is 0 Å². The second-order valence-electron chi connectivity index (χ2n) is 3.91. The van der Waals surface area contributed by atoms with E-state index in [0.29, 0.717) is 0 Å². The number of rotatable bonds is 3. The molecule has 112 valence electrons. The summed E-state index contributed by atoms with van der Waals surface area (Å²) < 4.78 is 39.4. The second kappa shape index (κ2) is 5.38. The smallest absolute Gasteiger partial charge is 0.357 e. The Bertz CT molecular complexity index is 666. The molecule has 0 bridgehead atoms. The van der Waals surface area contributed by atoms with Crippen LogP contribution in [0.2, 0.25) is 0 Å². The summed E-state index contributed by atoms with van der Waals surface area (Å²) in [4.78, 5) is 18.6. The zero-order valence-electron chi connectivity index (χ0n) is 11.1. The number of hydrogen-bond donors (Lipinski definition) is 2. The minimum atomic E-state index is -4.61. The Morgan fingerprint density at radius 3 is 2.57 bits per heavy atom. The number of anilines is 1. The van der Waals surface area contributed by atoms with Gasteiger partial charge in [-0.15, -0.1) is 0 Å². The Labute approximate surface area is 117 Å². The molecular weight excluding hydrogens is 289 g/mol. The first-order chi connectivity index (χ1) is 9.85. The van der Waals surface area contributed by atoms with E-state index in [1.165, 1.54) is 26.4 Å². The van der Waals surface area contributed by atoms with E-state index in [0.717, 1.165) is 10.7 Å². The minimum Gasteiger partial charge on any atom is -0.357 e. The molecule has 2 aromatic heterocycles. The highest BCUT2D eigenvalue weighted by atomic mass is 19.4. The molecule has 0 saturated heterocycles. The summed E-state index contributed by atoms with van der Waals surface area (Å²) >= 11 is 0. The van der Waals surface area contributed by atoms with Crippen LogP contribution in [0, 0.1) is 0 Å². The van der Waals surface area contributed by atoms with Crippen molar-refractivity contribution in [3.05, 3.63) is 29.7 Å². The molecule has 0 atom stereocenters. The zero-order valence-corrected chi connectivity index (χ0v) is 11.1. The third-order valence-electron chi connectivity index (χ3n) is 2.51. The van der Waals surface area contributed by atoms with Gasteiger partial charge in [0.25, 0.3) is 5.91 Å². The molecule has 2 aromatic rings. The van der Waals surface area contributed by atoms with E-state index in [4.69, 9.17) is 0 Å². The predicted octanol–water partition coefficient (Wildman–Crippen LogP) is 1.08. The van der Waals surface area contributed by atoms with Crippen molar-refractivity contribution in [2.24, 2.45) is 0 Å². The molecule has 1 amide bonds. The quantitative estimate of drug-likeness (QED) is 0.886. The molecule has 10 heteroatoms. The number of nitrogens with zero attached hydrogens (tertiary/aromatic N) is 4. The molecule has 0 aliphatic carbocycles. The van der Waals surface area contributed by atoms with E-state index in [-0.39, 0.29) is 17.5 Å². The third-order valence-corrected chi connectivity index (χ3v) is 2.51. The summed E-state index contributed by atoms with van der Waals surface area (Å²) in [6.07, 6.45) is -3.27. The topological polar surface area (TPSA) is 84.7 Å². The number of alkyl halides is 3. The number of amides is 1. The molecule has 21 heavy (non-hydrogen) atoms. The highest BCUT2D eigenvalue weighted by molar-refractivity contribution is 5.91. The number of aromatic nitrogens is 4. The molecule has 2 heterocycles. The van der Waals surface area contributed by atoms with Crippen molar-refractivity contribution in [2.45, 2.75) is 6.18 Å². The highest BCUT2D eigenvalue weighted by Crippen LogP contribution is 2.29. The van der Waals surface area contributed by atoms with Crippen LogP contribution >= 0.6 is 0 Å². The molecule has 7 nitrogen and oxygen atoms in total. The van der Waals surface area contributed by atoms with Crippen LogP contribution in [-0.4, -0.2) is 39.8 Å². The standard InChI is InChI=1S/C11H11F3N6O/c1-15-9(21)6-3-4-20(19-6)8-5-7(11(12,13)14)17-10(16-2)18-8/h3-5H,1-2H3,(H,15,21)(H,16,17,18). The molecular formula is C11H11F3N6O. The molecule has 0 spiro atoms. The van der Waals surface area contributed by atoms with Gasteiger partial charge in [0.15, 0.2) is 17.2 Å². The summed E-state index contributed by atoms with van der Waals surface area (Å²) in [5, 5.41) is 8.68. The fourth-order valence-electron chi connectivity index (χ4n) is 1.51. The SMILES string of the molecule is CNC(=O)c1ccn(-c2cc(C(F)(F)F)nc(NC)n2)n1. The van der Waals surface area contributed by atoms with Crippen molar-refractivity contribution < 1.29 is 18.0 Å². The predicted molar refractivity (Wildman–Crippen MR) is 67.1 cm³/mol. The van der Waals surface area contributed by atoms with Crippen molar-refractivity contribution in [3.63, 3.8) is 0 Å². The number of nitrogens with one attached hydrogen (secondary N) is 2. The van der Waals surface area contributed by atoms with Gasteiger partial charge < -0.3 is 10.6 Å². The largest absolute Gasteiger partial charge is 0.433 e. The summed E-state index contributed by atoms with van der Waals surface area (Å²) in [6, 6.07) is 2.12. The van der Waals surface area contributed by atoms with Crippen molar-refractivity contribution in [2.75, 3.05) is 19.4 Å². The zero-order chi connectivity index (χ0) is 15.6. The van der Waals surface area contributed by atoms with Gasteiger partial charge in [-0.1, -0.05) is 0 Å². The maximum Gasteiger partial charge on any atom is 0.433 e. The van der Waals surface area contributed by atoms with Gasteiger partial charge in [0, 0.05) is 26.4 Å². The lowest BCUT2D eigenvalue weighted by Crippen LogP contribution is -2.19. The van der Waals surface area contributed by atoms with Gasteiger partial charge in [-0.05, 0) is 6.07 Å². The number of carbonyl (C=O) groups excluding carboxylic acids is 1. The van der Waals surface area contributed by atoms with Crippen LogP contribution in [0.5, 0.6) is 0 Å². The molecule has 0 radical (unpaired) electrons. The monoisotopic (exact) mass is 300 g/mol. The first-order valence-electron chi connectivity index (χ1n) is 5.77. The molecule has 0 fully saturated rings. The van der Waals surface area contributed by atoms with E-state index < -0.39 is 17.8 Å².